The lowest BCUT2D eigenvalue weighted by molar-refractivity contribution is -0.138. The summed E-state index contributed by atoms with van der Waals surface area (Å²) in [6, 6.07) is 1.68. The number of rotatable bonds is 6. The lowest BCUT2D eigenvalue weighted by Gasteiger charge is -2.24. The second kappa shape index (κ2) is 6.39. The summed E-state index contributed by atoms with van der Waals surface area (Å²) in [5.74, 6) is -0.932. The molecule has 6 heteroatoms. The van der Waals surface area contributed by atoms with Gasteiger partial charge in [-0.2, -0.15) is 11.3 Å². The maximum atomic E-state index is 11.6. The summed E-state index contributed by atoms with van der Waals surface area (Å²) in [4.78, 5) is 22.2. The Kier molecular flexibility index (Phi) is 5.15. The Hall–Kier alpha value is -1.56. The summed E-state index contributed by atoms with van der Waals surface area (Å²) in [6.45, 7) is 3.89. The normalized spacial score (nSPS) is 11.0. The van der Waals surface area contributed by atoms with Gasteiger partial charge in [-0.05, 0) is 42.7 Å². The summed E-state index contributed by atoms with van der Waals surface area (Å²) < 4.78 is 0. The zero-order chi connectivity index (χ0) is 13.6. The molecule has 1 aromatic heterocycles. The molecule has 0 aliphatic heterocycles. The van der Waals surface area contributed by atoms with Gasteiger partial charge < -0.3 is 15.7 Å². The zero-order valence-electron chi connectivity index (χ0n) is 10.5. The van der Waals surface area contributed by atoms with Gasteiger partial charge >= 0.3 is 12.0 Å². The first-order chi connectivity index (χ1) is 8.39. The van der Waals surface area contributed by atoms with Gasteiger partial charge in [0.25, 0.3) is 0 Å². The second-order valence-corrected chi connectivity index (χ2v) is 5.50. The number of thiophene rings is 1. The average Bonchev–Trinajstić information content (AvgIpc) is 2.66. The maximum Gasteiger partial charge on any atom is 0.315 e. The van der Waals surface area contributed by atoms with Gasteiger partial charge in [-0.1, -0.05) is 0 Å². The van der Waals surface area contributed by atoms with Gasteiger partial charge in [0.2, 0.25) is 0 Å². The van der Waals surface area contributed by atoms with E-state index in [0.717, 1.165) is 6.42 Å². The van der Waals surface area contributed by atoms with Gasteiger partial charge in [-0.15, -0.1) is 0 Å². The van der Waals surface area contributed by atoms with Crippen LogP contribution in [0.4, 0.5) is 4.79 Å². The molecule has 0 radical (unpaired) electrons. The van der Waals surface area contributed by atoms with Crippen LogP contribution >= 0.6 is 11.3 Å². The molecule has 1 aromatic rings. The van der Waals surface area contributed by atoms with Gasteiger partial charge in [0.05, 0.1) is 6.42 Å². The molecule has 1 heterocycles. The molecule has 100 valence electrons. The van der Waals surface area contributed by atoms with Crippen LogP contribution in [-0.2, 0) is 11.2 Å². The van der Waals surface area contributed by atoms with E-state index in [1.165, 1.54) is 5.56 Å². The molecule has 0 aliphatic carbocycles. The van der Waals surface area contributed by atoms with Gasteiger partial charge in [-0.3, -0.25) is 4.79 Å². The molecular formula is C12H18N2O3S. The van der Waals surface area contributed by atoms with Crippen molar-refractivity contribution in [3.63, 3.8) is 0 Å². The van der Waals surface area contributed by atoms with Gasteiger partial charge in [0.15, 0.2) is 0 Å². The van der Waals surface area contributed by atoms with Crippen LogP contribution in [0.3, 0.4) is 0 Å². The van der Waals surface area contributed by atoms with Crippen molar-refractivity contribution in [1.82, 2.24) is 10.6 Å². The zero-order valence-corrected chi connectivity index (χ0v) is 11.3. The van der Waals surface area contributed by atoms with Gasteiger partial charge in [-0.25, -0.2) is 4.79 Å². The van der Waals surface area contributed by atoms with Gasteiger partial charge in [0, 0.05) is 12.1 Å². The van der Waals surface area contributed by atoms with E-state index in [1.54, 1.807) is 25.2 Å². The number of carbonyl (C=O) groups excluding carboxylic acids is 1. The van der Waals surface area contributed by atoms with Crippen molar-refractivity contribution >= 4 is 23.3 Å². The Labute approximate surface area is 110 Å². The quantitative estimate of drug-likeness (QED) is 0.738. The minimum absolute atomic E-state index is 0.106. The van der Waals surface area contributed by atoms with Crippen molar-refractivity contribution in [2.75, 3.05) is 6.54 Å². The number of nitrogens with one attached hydrogen (secondary N) is 2. The summed E-state index contributed by atoms with van der Waals surface area (Å²) in [5.41, 5.74) is 0.434. The first-order valence-corrected chi connectivity index (χ1v) is 6.62. The molecule has 0 saturated heterocycles. The molecule has 5 nitrogen and oxygen atoms in total. The van der Waals surface area contributed by atoms with Crippen LogP contribution in [-0.4, -0.2) is 29.2 Å². The highest BCUT2D eigenvalue weighted by Crippen LogP contribution is 2.08. The predicted molar refractivity (Wildman–Crippen MR) is 70.9 cm³/mol. The Bertz CT molecular complexity index is 401. The summed E-state index contributed by atoms with van der Waals surface area (Å²) >= 11 is 1.62. The minimum Gasteiger partial charge on any atom is -0.481 e. The van der Waals surface area contributed by atoms with Crippen LogP contribution in [0.15, 0.2) is 16.8 Å². The average molecular weight is 270 g/mol. The number of carboxylic acids is 1. The molecule has 0 spiro atoms. The minimum atomic E-state index is -0.932. The van der Waals surface area contributed by atoms with E-state index in [0.29, 0.717) is 6.54 Å². The van der Waals surface area contributed by atoms with Crippen molar-refractivity contribution in [3.05, 3.63) is 22.4 Å². The monoisotopic (exact) mass is 270 g/mol. The third-order valence-corrected chi connectivity index (χ3v) is 3.06. The van der Waals surface area contributed by atoms with Crippen LogP contribution in [0.2, 0.25) is 0 Å². The van der Waals surface area contributed by atoms with Crippen molar-refractivity contribution in [2.24, 2.45) is 0 Å². The molecule has 0 unspecified atom stereocenters. The fraction of sp³-hybridized carbons (Fsp3) is 0.500. The van der Waals surface area contributed by atoms with E-state index in [4.69, 9.17) is 5.11 Å². The number of hydrogen-bond donors (Lipinski definition) is 3. The Morgan fingerprint density at radius 2 is 2.17 bits per heavy atom. The largest absolute Gasteiger partial charge is 0.481 e. The summed E-state index contributed by atoms with van der Waals surface area (Å²) in [6.07, 6.45) is 0.668. The van der Waals surface area contributed by atoms with E-state index in [9.17, 15) is 9.59 Å². The first-order valence-electron chi connectivity index (χ1n) is 5.68. The summed E-state index contributed by atoms with van der Waals surface area (Å²) in [5, 5.41) is 18.1. The molecular weight excluding hydrogens is 252 g/mol. The molecule has 18 heavy (non-hydrogen) atoms. The smallest absolute Gasteiger partial charge is 0.315 e. The van der Waals surface area contributed by atoms with E-state index in [-0.39, 0.29) is 12.5 Å². The van der Waals surface area contributed by atoms with Crippen molar-refractivity contribution < 1.29 is 14.7 Å². The molecule has 0 aliphatic rings. The van der Waals surface area contributed by atoms with Crippen molar-refractivity contribution in [3.8, 4) is 0 Å². The van der Waals surface area contributed by atoms with E-state index < -0.39 is 11.5 Å². The molecule has 0 bridgehead atoms. The van der Waals surface area contributed by atoms with E-state index >= 15 is 0 Å². The molecule has 0 fully saturated rings. The Morgan fingerprint density at radius 3 is 2.72 bits per heavy atom. The van der Waals surface area contributed by atoms with Crippen LogP contribution in [0.25, 0.3) is 0 Å². The molecule has 0 aromatic carbocycles. The Balaban J connectivity index is 2.26. The number of carbonyl (C=O) groups is 2. The SMILES string of the molecule is CC(C)(CC(=O)O)NC(=O)NCCc1ccsc1. The lowest BCUT2D eigenvalue weighted by Crippen LogP contribution is -2.49. The molecule has 1 rings (SSSR count). The van der Waals surface area contributed by atoms with Gasteiger partial charge in [0.1, 0.15) is 0 Å². The number of urea groups is 1. The molecule has 0 atom stereocenters. The van der Waals surface area contributed by atoms with Crippen LogP contribution in [0, 0.1) is 0 Å². The third kappa shape index (κ3) is 5.67. The number of aliphatic carboxylic acids is 1. The standard InChI is InChI=1S/C12H18N2O3S/c1-12(2,7-10(15)16)14-11(17)13-5-3-9-4-6-18-8-9/h4,6,8H,3,5,7H2,1-2H3,(H,15,16)(H2,13,14,17). The molecule has 2 amide bonds. The lowest BCUT2D eigenvalue weighted by atomic mass is 10.0. The second-order valence-electron chi connectivity index (χ2n) is 4.72. The van der Waals surface area contributed by atoms with Crippen LogP contribution in [0.1, 0.15) is 25.8 Å². The van der Waals surface area contributed by atoms with Crippen LogP contribution < -0.4 is 10.6 Å². The topological polar surface area (TPSA) is 78.4 Å². The maximum absolute atomic E-state index is 11.6. The van der Waals surface area contributed by atoms with Crippen LogP contribution in [0.5, 0.6) is 0 Å². The van der Waals surface area contributed by atoms with E-state index in [2.05, 4.69) is 10.6 Å². The first kappa shape index (κ1) is 14.5. The predicted octanol–water partition coefficient (Wildman–Crippen LogP) is 1.84. The molecule has 0 saturated carbocycles. The molecule has 3 N–H and O–H groups in total. The fourth-order valence-electron chi connectivity index (χ4n) is 1.53. The number of hydrogen-bond acceptors (Lipinski definition) is 3. The third-order valence-electron chi connectivity index (χ3n) is 2.32. The number of amides is 2. The highest BCUT2D eigenvalue weighted by atomic mass is 32.1. The number of carboxylic acid groups (broad SMARTS) is 1. The fourth-order valence-corrected chi connectivity index (χ4v) is 2.23. The summed E-state index contributed by atoms with van der Waals surface area (Å²) in [7, 11) is 0. The van der Waals surface area contributed by atoms with Crippen molar-refractivity contribution in [2.45, 2.75) is 32.2 Å². The van der Waals surface area contributed by atoms with Crippen molar-refractivity contribution in [1.29, 1.82) is 0 Å². The Morgan fingerprint density at radius 1 is 1.44 bits per heavy atom. The van der Waals surface area contributed by atoms with E-state index in [1.807, 2.05) is 16.8 Å². The highest BCUT2D eigenvalue weighted by molar-refractivity contribution is 7.07. The highest BCUT2D eigenvalue weighted by Gasteiger charge is 2.23.